The molecule has 0 saturated carbocycles. The molecular formula is C9H12ClNS. The van der Waals surface area contributed by atoms with Gasteiger partial charge in [-0.25, -0.2) is 4.98 Å². The molecule has 0 saturated heterocycles. The van der Waals surface area contributed by atoms with Crippen molar-refractivity contribution in [2.75, 3.05) is 5.88 Å². The summed E-state index contributed by atoms with van der Waals surface area (Å²) in [7, 11) is 0. The molecule has 1 unspecified atom stereocenters. The first-order chi connectivity index (χ1) is 5.86. The lowest BCUT2D eigenvalue weighted by atomic mass is 10.0. The molecule has 1 rings (SSSR count). The molecule has 0 amide bonds. The molecule has 0 aliphatic heterocycles. The second-order valence-corrected chi connectivity index (χ2v) is 3.76. The van der Waals surface area contributed by atoms with Crippen LogP contribution >= 0.6 is 22.9 Å². The van der Waals surface area contributed by atoms with E-state index in [1.807, 2.05) is 11.6 Å². The van der Waals surface area contributed by atoms with E-state index in [4.69, 9.17) is 11.6 Å². The van der Waals surface area contributed by atoms with Gasteiger partial charge >= 0.3 is 0 Å². The summed E-state index contributed by atoms with van der Waals surface area (Å²) in [5.41, 5.74) is 3.00. The Hall–Kier alpha value is -0.340. The largest absolute Gasteiger partial charge is 0.250 e. The normalized spacial score (nSPS) is 12.8. The van der Waals surface area contributed by atoms with Gasteiger partial charge in [0.05, 0.1) is 11.2 Å². The van der Waals surface area contributed by atoms with Gasteiger partial charge < -0.3 is 0 Å². The van der Waals surface area contributed by atoms with Crippen molar-refractivity contribution < 1.29 is 0 Å². The van der Waals surface area contributed by atoms with E-state index >= 15 is 0 Å². The topological polar surface area (TPSA) is 12.9 Å². The van der Waals surface area contributed by atoms with E-state index in [-0.39, 0.29) is 0 Å². The summed E-state index contributed by atoms with van der Waals surface area (Å²) in [6.07, 6.45) is 3.86. The van der Waals surface area contributed by atoms with E-state index in [1.165, 1.54) is 0 Å². The number of hydrogen-bond donors (Lipinski definition) is 0. The lowest BCUT2D eigenvalue weighted by Crippen LogP contribution is -2.05. The van der Waals surface area contributed by atoms with Gasteiger partial charge in [-0.2, -0.15) is 0 Å². The predicted octanol–water partition coefficient (Wildman–Crippen LogP) is 3.12. The van der Waals surface area contributed by atoms with Gasteiger partial charge in [-0.05, 0) is 18.8 Å². The van der Waals surface area contributed by atoms with Crippen molar-refractivity contribution in [2.24, 2.45) is 5.92 Å². The van der Waals surface area contributed by atoms with Crippen LogP contribution < -0.4 is 0 Å². The van der Waals surface area contributed by atoms with E-state index in [9.17, 15) is 0 Å². The minimum atomic E-state index is 0.492. The Morgan fingerprint density at radius 2 is 2.58 bits per heavy atom. The highest BCUT2D eigenvalue weighted by Crippen LogP contribution is 2.14. The number of hydrogen-bond acceptors (Lipinski definition) is 2. The van der Waals surface area contributed by atoms with Crippen LogP contribution in [-0.2, 0) is 6.42 Å². The van der Waals surface area contributed by atoms with Crippen LogP contribution in [0.5, 0.6) is 0 Å². The Morgan fingerprint density at radius 1 is 1.75 bits per heavy atom. The van der Waals surface area contributed by atoms with Crippen LogP contribution in [0.25, 0.3) is 0 Å². The van der Waals surface area contributed by atoms with Gasteiger partial charge in [0, 0.05) is 11.3 Å². The number of rotatable bonds is 5. The summed E-state index contributed by atoms with van der Waals surface area (Å²) in [5.74, 6) is 1.18. The number of allylic oxidation sites excluding steroid dienone is 1. The lowest BCUT2D eigenvalue weighted by molar-refractivity contribution is 0.590. The first kappa shape index (κ1) is 9.75. The summed E-state index contributed by atoms with van der Waals surface area (Å²) < 4.78 is 0. The van der Waals surface area contributed by atoms with Crippen molar-refractivity contribution in [3.63, 3.8) is 0 Å². The highest BCUT2D eigenvalue weighted by Gasteiger charge is 2.07. The minimum Gasteiger partial charge on any atom is -0.250 e. The molecule has 0 aliphatic carbocycles. The van der Waals surface area contributed by atoms with Crippen LogP contribution in [0.3, 0.4) is 0 Å². The molecule has 1 heterocycles. The molecule has 1 aromatic rings. The average molecular weight is 202 g/mol. The summed E-state index contributed by atoms with van der Waals surface area (Å²) >= 11 is 7.42. The maximum Gasteiger partial charge on any atom is 0.0794 e. The van der Waals surface area contributed by atoms with E-state index in [2.05, 4.69) is 16.9 Å². The fourth-order valence-corrected chi connectivity index (χ4v) is 1.88. The van der Waals surface area contributed by atoms with Gasteiger partial charge in [-0.15, -0.1) is 29.5 Å². The van der Waals surface area contributed by atoms with Crippen LogP contribution in [0.1, 0.15) is 12.1 Å². The van der Waals surface area contributed by atoms with Crippen LogP contribution in [0.15, 0.2) is 23.5 Å². The van der Waals surface area contributed by atoms with Gasteiger partial charge in [-0.1, -0.05) is 6.08 Å². The van der Waals surface area contributed by atoms with Crippen molar-refractivity contribution in [2.45, 2.75) is 12.8 Å². The number of thiazole rings is 1. The van der Waals surface area contributed by atoms with Crippen LogP contribution in [-0.4, -0.2) is 10.9 Å². The minimum absolute atomic E-state index is 0.492. The quantitative estimate of drug-likeness (QED) is 0.527. The second-order valence-electron chi connectivity index (χ2n) is 2.73. The monoisotopic (exact) mass is 201 g/mol. The number of nitrogens with zero attached hydrogens (tertiary/aromatic N) is 1. The molecule has 0 fully saturated rings. The van der Waals surface area contributed by atoms with Crippen LogP contribution in [0.4, 0.5) is 0 Å². The molecule has 0 bridgehead atoms. The maximum absolute atomic E-state index is 5.79. The molecule has 0 radical (unpaired) electrons. The molecule has 0 aromatic carbocycles. The van der Waals surface area contributed by atoms with E-state index in [0.29, 0.717) is 11.8 Å². The van der Waals surface area contributed by atoms with Gasteiger partial charge in [0.25, 0.3) is 0 Å². The molecule has 66 valence electrons. The molecule has 0 N–H and O–H groups in total. The molecule has 1 atom stereocenters. The zero-order chi connectivity index (χ0) is 8.81. The van der Waals surface area contributed by atoms with Crippen molar-refractivity contribution in [3.8, 4) is 0 Å². The number of halogens is 1. The van der Waals surface area contributed by atoms with Gasteiger partial charge in [0.1, 0.15) is 0 Å². The predicted molar refractivity (Wildman–Crippen MR) is 54.8 cm³/mol. The Morgan fingerprint density at radius 3 is 3.08 bits per heavy atom. The number of aromatic nitrogens is 1. The molecular weight excluding hydrogens is 190 g/mol. The standard InChI is InChI=1S/C9H12ClNS/c1-2-3-8(5-10)4-9-6-12-7-11-9/h2,6-8H,1,3-5H2. The third kappa shape index (κ3) is 2.95. The summed E-state index contributed by atoms with van der Waals surface area (Å²) in [6, 6.07) is 0. The maximum atomic E-state index is 5.79. The van der Waals surface area contributed by atoms with Crippen LogP contribution in [0.2, 0.25) is 0 Å². The van der Waals surface area contributed by atoms with Crippen molar-refractivity contribution >= 4 is 22.9 Å². The Labute approximate surface area is 82.1 Å². The molecule has 1 aromatic heterocycles. The molecule has 3 heteroatoms. The van der Waals surface area contributed by atoms with Gasteiger partial charge in [-0.3, -0.25) is 0 Å². The number of alkyl halides is 1. The fraction of sp³-hybridized carbons (Fsp3) is 0.444. The van der Waals surface area contributed by atoms with Crippen molar-refractivity contribution in [1.29, 1.82) is 0 Å². The highest BCUT2D eigenvalue weighted by molar-refractivity contribution is 7.07. The highest BCUT2D eigenvalue weighted by atomic mass is 35.5. The van der Waals surface area contributed by atoms with Crippen molar-refractivity contribution in [1.82, 2.24) is 4.98 Å². The summed E-state index contributed by atoms with van der Waals surface area (Å²) in [6.45, 7) is 3.70. The third-order valence-electron chi connectivity index (χ3n) is 1.70. The Balaban J connectivity index is 2.42. The lowest BCUT2D eigenvalue weighted by Gasteiger charge is -2.08. The van der Waals surface area contributed by atoms with E-state index in [1.54, 1.807) is 11.3 Å². The van der Waals surface area contributed by atoms with Crippen molar-refractivity contribution in [3.05, 3.63) is 29.2 Å². The first-order valence-corrected chi connectivity index (χ1v) is 5.38. The summed E-state index contributed by atoms with van der Waals surface area (Å²) in [5, 5.41) is 2.07. The zero-order valence-electron chi connectivity index (χ0n) is 6.87. The fourth-order valence-electron chi connectivity index (χ4n) is 1.07. The Kier molecular flexibility index (Phi) is 4.33. The first-order valence-electron chi connectivity index (χ1n) is 3.90. The third-order valence-corrected chi connectivity index (χ3v) is 2.77. The Bertz CT molecular complexity index is 220. The molecule has 0 spiro atoms. The zero-order valence-corrected chi connectivity index (χ0v) is 8.44. The molecule has 1 nitrogen and oxygen atoms in total. The van der Waals surface area contributed by atoms with Gasteiger partial charge in [0.2, 0.25) is 0 Å². The van der Waals surface area contributed by atoms with Gasteiger partial charge in [0.15, 0.2) is 0 Å². The SMILES string of the molecule is C=CCC(CCl)Cc1cscn1. The van der Waals surface area contributed by atoms with Crippen LogP contribution in [0, 0.1) is 5.92 Å². The van der Waals surface area contributed by atoms with E-state index < -0.39 is 0 Å². The molecule has 12 heavy (non-hydrogen) atoms. The second kappa shape index (κ2) is 5.33. The average Bonchev–Trinajstić information content (AvgIpc) is 2.56. The van der Waals surface area contributed by atoms with E-state index in [0.717, 1.165) is 18.5 Å². The smallest absolute Gasteiger partial charge is 0.0794 e. The molecule has 0 aliphatic rings. The summed E-state index contributed by atoms with van der Waals surface area (Å²) in [4.78, 5) is 4.21.